The highest BCUT2D eigenvalue weighted by Gasteiger charge is 2.37. The van der Waals surface area contributed by atoms with Gasteiger partial charge in [-0.3, -0.25) is 9.48 Å². The van der Waals surface area contributed by atoms with Gasteiger partial charge in [0.2, 0.25) is 0 Å². The molecule has 24 heavy (non-hydrogen) atoms. The van der Waals surface area contributed by atoms with Gasteiger partial charge in [0.05, 0.1) is 30.5 Å². The molecule has 0 saturated carbocycles. The van der Waals surface area contributed by atoms with E-state index in [-0.39, 0.29) is 24.6 Å². The molecular weight excluding hydrogens is 323 g/mol. The summed E-state index contributed by atoms with van der Waals surface area (Å²) in [5, 5.41) is 3.95. The summed E-state index contributed by atoms with van der Waals surface area (Å²) < 4.78 is 46.5. The fourth-order valence-electron chi connectivity index (χ4n) is 2.77. The number of carbonyl (C=O) groups excluding carboxylic acids is 1. The molecular formula is C16H16F3N3O2. The van der Waals surface area contributed by atoms with Gasteiger partial charge >= 0.3 is 6.18 Å². The van der Waals surface area contributed by atoms with Crippen LogP contribution in [0.5, 0.6) is 0 Å². The molecule has 1 saturated heterocycles. The number of benzene rings is 1. The molecule has 128 valence electrons. The van der Waals surface area contributed by atoms with Gasteiger partial charge in [-0.1, -0.05) is 18.2 Å². The molecule has 1 aromatic heterocycles. The topological polar surface area (TPSA) is 47.4 Å². The van der Waals surface area contributed by atoms with E-state index in [0.717, 1.165) is 6.07 Å². The highest BCUT2D eigenvalue weighted by Crippen LogP contribution is 2.36. The van der Waals surface area contributed by atoms with Crippen LogP contribution in [-0.4, -0.2) is 40.3 Å². The van der Waals surface area contributed by atoms with Crippen molar-refractivity contribution in [2.75, 3.05) is 19.7 Å². The number of aromatic nitrogens is 2. The van der Waals surface area contributed by atoms with Crippen LogP contribution in [0.3, 0.4) is 0 Å². The normalized spacial score (nSPS) is 18.7. The number of aryl methyl sites for hydroxylation is 1. The molecule has 1 atom stereocenters. The summed E-state index contributed by atoms with van der Waals surface area (Å²) in [7, 11) is 1.69. The molecule has 8 heteroatoms. The fourth-order valence-corrected chi connectivity index (χ4v) is 2.77. The van der Waals surface area contributed by atoms with Crippen molar-refractivity contribution in [1.29, 1.82) is 0 Å². The molecule has 0 N–H and O–H groups in total. The highest BCUT2D eigenvalue weighted by atomic mass is 19.4. The third-order valence-electron chi connectivity index (χ3n) is 3.92. The van der Waals surface area contributed by atoms with Crippen molar-refractivity contribution in [2.24, 2.45) is 7.05 Å². The number of ether oxygens (including phenoxy) is 1. The number of nitrogens with zero attached hydrogens (tertiary/aromatic N) is 3. The number of amides is 1. The first-order valence-corrected chi connectivity index (χ1v) is 7.42. The van der Waals surface area contributed by atoms with Gasteiger partial charge in [-0.05, 0) is 11.6 Å². The van der Waals surface area contributed by atoms with Crippen molar-refractivity contribution in [3.63, 3.8) is 0 Å². The van der Waals surface area contributed by atoms with E-state index in [0.29, 0.717) is 12.1 Å². The van der Waals surface area contributed by atoms with E-state index in [1.807, 2.05) is 0 Å². The lowest BCUT2D eigenvalue weighted by molar-refractivity contribution is -0.140. The van der Waals surface area contributed by atoms with Gasteiger partial charge in [0, 0.05) is 19.8 Å². The zero-order valence-corrected chi connectivity index (χ0v) is 13.0. The average molecular weight is 339 g/mol. The highest BCUT2D eigenvalue weighted by molar-refractivity contribution is 5.93. The minimum Gasteiger partial charge on any atom is -0.370 e. The van der Waals surface area contributed by atoms with Gasteiger partial charge in [0.1, 0.15) is 6.10 Å². The second-order valence-corrected chi connectivity index (χ2v) is 5.60. The number of hydrogen-bond donors (Lipinski definition) is 0. The first-order chi connectivity index (χ1) is 11.4. The van der Waals surface area contributed by atoms with E-state index < -0.39 is 17.8 Å². The van der Waals surface area contributed by atoms with Crippen molar-refractivity contribution < 1.29 is 22.7 Å². The Morgan fingerprint density at radius 3 is 2.75 bits per heavy atom. The van der Waals surface area contributed by atoms with Crippen LogP contribution in [0.2, 0.25) is 0 Å². The molecule has 1 amide bonds. The van der Waals surface area contributed by atoms with Gasteiger partial charge < -0.3 is 9.64 Å². The van der Waals surface area contributed by atoms with E-state index in [4.69, 9.17) is 4.74 Å². The maximum Gasteiger partial charge on any atom is 0.416 e. The standard InChI is InChI=1S/C16H16F3N3O2/c1-21-9-11(8-20-21)15(23)22-6-7-24-14(10-22)12-4-2-3-5-13(12)16(17,18)19/h2-5,8-9,14H,6-7,10H2,1H3. The average Bonchev–Trinajstić information content (AvgIpc) is 3.00. The molecule has 0 bridgehead atoms. The minimum absolute atomic E-state index is 0.0497. The molecule has 1 aromatic carbocycles. The summed E-state index contributed by atoms with van der Waals surface area (Å²) >= 11 is 0. The van der Waals surface area contributed by atoms with Crippen LogP contribution in [0.4, 0.5) is 13.2 Å². The molecule has 0 spiro atoms. The largest absolute Gasteiger partial charge is 0.416 e. The Bertz CT molecular complexity index is 742. The number of alkyl halides is 3. The Labute approximate surface area is 136 Å². The van der Waals surface area contributed by atoms with Crippen LogP contribution in [0.15, 0.2) is 36.7 Å². The molecule has 1 unspecified atom stereocenters. The van der Waals surface area contributed by atoms with Crippen molar-refractivity contribution in [3.8, 4) is 0 Å². The van der Waals surface area contributed by atoms with E-state index in [9.17, 15) is 18.0 Å². The molecule has 0 radical (unpaired) electrons. The predicted octanol–water partition coefficient (Wildman–Crippen LogP) is 2.65. The summed E-state index contributed by atoms with van der Waals surface area (Å²) in [5.74, 6) is -0.263. The lowest BCUT2D eigenvalue weighted by atomic mass is 10.0. The molecule has 1 aliphatic rings. The van der Waals surface area contributed by atoms with E-state index in [2.05, 4.69) is 5.10 Å². The summed E-state index contributed by atoms with van der Waals surface area (Å²) in [6.07, 6.45) is -2.25. The SMILES string of the molecule is Cn1cc(C(=O)N2CCOC(c3ccccc3C(F)(F)F)C2)cn1. The Hall–Kier alpha value is -2.35. The molecule has 1 aliphatic heterocycles. The number of rotatable bonds is 2. The Balaban J connectivity index is 1.83. The van der Waals surface area contributed by atoms with Gasteiger partial charge in [0.25, 0.3) is 5.91 Å². The van der Waals surface area contributed by atoms with Crippen molar-refractivity contribution in [1.82, 2.24) is 14.7 Å². The molecule has 5 nitrogen and oxygen atoms in total. The van der Waals surface area contributed by atoms with Gasteiger partial charge in [-0.25, -0.2) is 0 Å². The van der Waals surface area contributed by atoms with Crippen molar-refractivity contribution in [3.05, 3.63) is 53.3 Å². The summed E-state index contributed by atoms with van der Waals surface area (Å²) in [4.78, 5) is 14.0. The van der Waals surface area contributed by atoms with Crippen LogP contribution in [0.25, 0.3) is 0 Å². The third kappa shape index (κ3) is 3.28. The quantitative estimate of drug-likeness (QED) is 0.845. The van der Waals surface area contributed by atoms with Crippen LogP contribution in [0, 0.1) is 0 Å². The predicted molar refractivity (Wildman–Crippen MR) is 79.2 cm³/mol. The second kappa shape index (κ2) is 6.27. The maximum atomic E-state index is 13.2. The zero-order chi connectivity index (χ0) is 17.3. The molecule has 1 fully saturated rings. The monoisotopic (exact) mass is 339 g/mol. The molecule has 3 rings (SSSR count). The van der Waals surface area contributed by atoms with Crippen LogP contribution < -0.4 is 0 Å². The lowest BCUT2D eigenvalue weighted by Crippen LogP contribution is -2.42. The summed E-state index contributed by atoms with van der Waals surface area (Å²) in [6.45, 7) is 0.585. The van der Waals surface area contributed by atoms with Crippen LogP contribution in [0.1, 0.15) is 27.6 Å². The summed E-state index contributed by atoms with van der Waals surface area (Å²) in [5.41, 5.74) is -0.276. The van der Waals surface area contributed by atoms with E-state index in [1.165, 1.54) is 34.0 Å². The smallest absolute Gasteiger partial charge is 0.370 e. The zero-order valence-electron chi connectivity index (χ0n) is 13.0. The summed E-state index contributed by atoms with van der Waals surface area (Å²) in [6, 6.07) is 5.30. The molecule has 2 aromatic rings. The van der Waals surface area contributed by atoms with Crippen LogP contribution in [-0.2, 0) is 18.0 Å². The second-order valence-electron chi connectivity index (χ2n) is 5.60. The Morgan fingerprint density at radius 1 is 1.33 bits per heavy atom. The number of hydrogen-bond acceptors (Lipinski definition) is 3. The number of morpholine rings is 1. The number of carbonyl (C=O) groups is 1. The lowest BCUT2D eigenvalue weighted by Gasteiger charge is -2.34. The maximum absolute atomic E-state index is 13.2. The van der Waals surface area contributed by atoms with Gasteiger partial charge in [0.15, 0.2) is 0 Å². The Kier molecular flexibility index (Phi) is 4.31. The number of halogens is 3. The Morgan fingerprint density at radius 2 is 2.08 bits per heavy atom. The van der Waals surface area contributed by atoms with E-state index >= 15 is 0 Å². The fraction of sp³-hybridized carbons (Fsp3) is 0.375. The first kappa shape index (κ1) is 16.5. The van der Waals surface area contributed by atoms with Crippen molar-refractivity contribution in [2.45, 2.75) is 12.3 Å². The van der Waals surface area contributed by atoms with Crippen LogP contribution >= 0.6 is 0 Å². The van der Waals surface area contributed by atoms with Gasteiger partial charge in [-0.2, -0.15) is 18.3 Å². The van der Waals surface area contributed by atoms with Crippen molar-refractivity contribution >= 4 is 5.91 Å². The molecule has 0 aliphatic carbocycles. The molecule has 2 heterocycles. The third-order valence-corrected chi connectivity index (χ3v) is 3.92. The van der Waals surface area contributed by atoms with E-state index in [1.54, 1.807) is 13.2 Å². The minimum atomic E-state index is -4.46. The van der Waals surface area contributed by atoms with Gasteiger partial charge in [-0.15, -0.1) is 0 Å². The first-order valence-electron chi connectivity index (χ1n) is 7.42.